The molecule has 0 unspecified atom stereocenters. The van der Waals surface area contributed by atoms with Crippen molar-refractivity contribution >= 4 is 17.6 Å². The van der Waals surface area contributed by atoms with Gasteiger partial charge in [0.25, 0.3) is 0 Å². The van der Waals surface area contributed by atoms with Gasteiger partial charge < -0.3 is 5.73 Å². The molecule has 0 bridgehead atoms. The minimum atomic E-state index is -0.740. The first-order valence-corrected chi connectivity index (χ1v) is 4.76. The lowest BCUT2D eigenvalue weighted by atomic mass is 10.2. The summed E-state index contributed by atoms with van der Waals surface area (Å²) in [6.07, 6.45) is 0.247. The molecule has 0 aliphatic rings. The Bertz CT molecular complexity index is 388. The van der Waals surface area contributed by atoms with Gasteiger partial charge in [0.1, 0.15) is 0 Å². The van der Waals surface area contributed by atoms with E-state index in [1.807, 2.05) is 19.1 Å². The number of urea groups is 1. The Morgan fingerprint density at radius 2 is 1.93 bits per heavy atom. The highest BCUT2D eigenvalue weighted by atomic mass is 16.2. The molecule has 2 N–H and O–H groups in total. The molecule has 0 radical (unpaired) electrons. The van der Waals surface area contributed by atoms with Crippen molar-refractivity contribution in [1.29, 1.82) is 0 Å². The van der Waals surface area contributed by atoms with Gasteiger partial charge in [0.15, 0.2) is 0 Å². The number of imide groups is 1. The summed E-state index contributed by atoms with van der Waals surface area (Å²) in [7, 11) is 0. The summed E-state index contributed by atoms with van der Waals surface area (Å²) >= 11 is 0. The first-order valence-electron chi connectivity index (χ1n) is 4.76. The monoisotopic (exact) mass is 206 g/mol. The fourth-order valence-corrected chi connectivity index (χ4v) is 1.35. The van der Waals surface area contributed by atoms with Gasteiger partial charge in [-0.2, -0.15) is 0 Å². The zero-order valence-corrected chi connectivity index (χ0v) is 8.86. The molecule has 0 aliphatic heterocycles. The molecule has 0 aromatic heterocycles. The summed E-state index contributed by atoms with van der Waals surface area (Å²) in [5.41, 5.74) is 6.58. The third kappa shape index (κ3) is 2.34. The quantitative estimate of drug-likeness (QED) is 0.802. The Kier molecular flexibility index (Phi) is 3.44. The van der Waals surface area contributed by atoms with E-state index in [2.05, 4.69) is 0 Å². The molecule has 80 valence electrons. The lowest BCUT2D eigenvalue weighted by molar-refractivity contribution is -0.117. The molecule has 1 rings (SSSR count). The molecule has 1 aromatic rings. The van der Waals surface area contributed by atoms with Gasteiger partial charge in [0.05, 0.1) is 5.69 Å². The standard InChI is InChI=1S/C11H14N2O2/c1-3-10(14)13(11(12)15)9-7-5-4-6-8(9)2/h4-7H,3H2,1-2H3,(H2,12,15). The van der Waals surface area contributed by atoms with Gasteiger partial charge in [-0.05, 0) is 18.6 Å². The lowest BCUT2D eigenvalue weighted by Crippen LogP contribution is -2.40. The highest BCUT2D eigenvalue weighted by molar-refractivity contribution is 6.13. The molecular weight excluding hydrogens is 192 g/mol. The lowest BCUT2D eigenvalue weighted by Gasteiger charge is -2.19. The van der Waals surface area contributed by atoms with Crippen molar-refractivity contribution in [3.8, 4) is 0 Å². The number of amides is 3. The van der Waals surface area contributed by atoms with E-state index in [-0.39, 0.29) is 12.3 Å². The number of carbonyl (C=O) groups is 2. The molecule has 0 heterocycles. The van der Waals surface area contributed by atoms with E-state index in [4.69, 9.17) is 5.73 Å². The number of anilines is 1. The Morgan fingerprint density at radius 1 is 1.33 bits per heavy atom. The third-order valence-corrected chi connectivity index (χ3v) is 2.13. The maximum absolute atomic E-state index is 11.5. The molecule has 0 fully saturated rings. The van der Waals surface area contributed by atoms with Crippen LogP contribution >= 0.6 is 0 Å². The van der Waals surface area contributed by atoms with E-state index < -0.39 is 6.03 Å². The van der Waals surface area contributed by atoms with Crippen LogP contribution in [0.3, 0.4) is 0 Å². The normalized spacial score (nSPS) is 9.73. The second-order valence-electron chi connectivity index (χ2n) is 3.21. The number of primary amides is 1. The molecule has 3 amide bonds. The molecule has 0 spiro atoms. The molecule has 0 aliphatic carbocycles. The predicted molar refractivity (Wildman–Crippen MR) is 58.5 cm³/mol. The first kappa shape index (κ1) is 11.2. The summed E-state index contributed by atoms with van der Waals surface area (Å²) < 4.78 is 0. The van der Waals surface area contributed by atoms with Gasteiger partial charge in [-0.3, -0.25) is 4.79 Å². The summed E-state index contributed by atoms with van der Waals surface area (Å²) in [5.74, 6) is -0.295. The number of benzene rings is 1. The SMILES string of the molecule is CCC(=O)N(C(N)=O)c1ccccc1C. The Labute approximate surface area is 88.7 Å². The highest BCUT2D eigenvalue weighted by Gasteiger charge is 2.20. The van der Waals surface area contributed by atoms with Crippen molar-refractivity contribution in [2.24, 2.45) is 5.73 Å². The number of hydrogen-bond acceptors (Lipinski definition) is 2. The van der Waals surface area contributed by atoms with Gasteiger partial charge in [0, 0.05) is 6.42 Å². The van der Waals surface area contributed by atoms with Crippen molar-refractivity contribution in [2.75, 3.05) is 4.90 Å². The van der Waals surface area contributed by atoms with Crippen LogP contribution in [0.5, 0.6) is 0 Å². The third-order valence-electron chi connectivity index (χ3n) is 2.13. The number of nitrogens with zero attached hydrogens (tertiary/aromatic N) is 1. The number of carbonyl (C=O) groups excluding carboxylic acids is 2. The van der Waals surface area contributed by atoms with E-state index in [0.717, 1.165) is 10.5 Å². The average Bonchev–Trinajstić information content (AvgIpc) is 2.20. The fraction of sp³-hybridized carbons (Fsp3) is 0.273. The first-order chi connectivity index (χ1) is 7.07. The second-order valence-corrected chi connectivity index (χ2v) is 3.21. The van der Waals surface area contributed by atoms with E-state index in [0.29, 0.717) is 5.69 Å². The highest BCUT2D eigenvalue weighted by Crippen LogP contribution is 2.19. The van der Waals surface area contributed by atoms with Crippen LogP contribution in [0.4, 0.5) is 10.5 Å². The number of para-hydroxylation sites is 1. The van der Waals surface area contributed by atoms with E-state index >= 15 is 0 Å². The Morgan fingerprint density at radius 3 is 2.40 bits per heavy atom. The summed E-state index contributed by atoms with van der Waals surface area (Å²) in [6.45, 7) is 3.52. The van der Waals surface area contributed by atoms with E-state index in [1.54, 1.807) is 19.1 Å². The Hall–Kier alpha value is -1.84. The van der Waals surface area contributed by atoms with Gasteiger partial charge in [-0.25, -0.2) is 9.69 Å². The molecule has 0 saturated carbocycles. The smallest absolute Gasteiger partial charge is 0.326 e. The minimum Gasteiger partial charge on any atom is -0.351 e. The molecule has 15 heavy (non-hydrogen) atoms. The summed E-state index contributed by atoms with van der Waals surface area (Å²) in [5, 5.41) is 0. The topological polar surface area (TPSA) is 63.4 Å². The van der Waals surface area contributed by atoms with Crippen LogP contribution in [-0.4, -0.2) is 11.9 Å². The Balaban J connectivity index is 3.16. The van der Waals surface area contributed by atoms with Crippen molar-refractivity contribution in [1.82, 2.24) is 0 Å². The van der Waals surface area contributed by atoms with Crippen LogP contribution in [0.2, 0.25) is 0 Å². The van der Waals surface area contributed by atoms with Crippen LogP contribution in [-0.2, 0) is 4.79 Å². The van der Waals surface area contributed by atoms with E-state index in [1.165, 1.54) is 0 Å². The van der Waals surface area contributed by atoms with Crippen molar-refractivity contribution < 1.29 is 9.59 Å². The van der Waals surface area contributed by atoms with Crippen LogP contribution < -0.4 is 10.6 Å². The number of rotatable bonds is 2. The minimum absolute atomic E-state index is 0.247. The van der Waals surface area contributed by atoms with Gasteiger partial charge >= 0.3 is 6.03 Å². The fourth-order valence-electron chi connectivity index (χ4n) is 1.35. The number of hydrogen-bond donors (Lipinski definition) is 1. The van der Waals surface area contributed by atoms with Crippen LogP contribution in [0.1, 0.15) is 18.9 Å². The van der Waals surface area contributed by atoms with Gasteiger partial charge in [0.2, 0.25) is 5.91 Å². The summed E-state index contributed by atoms with van der Waals surface area (Å²) in [4.78, 5) is 23.7. The molecule has 0 atom stereocenters. The largest absolute Gasteiger partial charge is 0.351 e. The zero-order valence-electron chi connectivity index (χ0n) is 8.86. The number of nitrogens with two attached hydrogens (primary N) is 1. The van der Waals surface area contributed by atoms with Gasteiger partial charge in [-0.1, -0.05) is 25.1 Å². The predicted octanol–water partition coefficient (Wildman–Crippen LogP) is 1.82. The molecular formula is C11H14N2O2. The molecule has 4 nitrogen and oxygen atoms in total. The average molecular weight is 206 g/mol. The van der Waals surface area contributed by atoms with Gasteiger partial charge in [-0.15, -0.1) is 0 Å². The second kappa shape index (κ2) is 4.59. The summed E-state index contributed by atoms with van der Waals surface area (Å²) in [6, 6.07) is 6.40. The molecule has 0 saturated heterocycles. The van der Waals surface area contributed by atoms with Crippen molar-refractivity contribution in [3.05, 3.63) is 29.8 Å². The van der Waals surface area contributed by atoms with Crippen LogP contribution in [0.25, 0.3) is 0 Å². The maximum Gasteiger partial charge on any atom is 0.326 e. The van der Waals surface area contributed by atoms with Crippen molar-refractivity contribution in [3.63, 3.8) is 0 Å². The zero-order chi connectivity index (χ0) is 11.4. The molecule has 1 aromatic carbocycles. The van der Waals surface area contributed by atoms with Crippen LogP contribution in [0.15, 0.2) is 24.3 Å². The van der Waals surface area contributed by atoms with Crippen LogP contribution in [0, 0.1) is 6.92 Å². The van der Waals surface area contributed by atoms with Crippen molar-refractivity contribution in [2.45, 2.75) is 20.3 Å². The molecule has 4 heteroatoms. The van der Waals surface area contributed by atoms with E-state index in [9.17, 15) is 9.59 Å². The number of aryl methyl sites for hydroxylation is 1. The maximum atomic E-state index is 11.5.